The number of amides is 1. The van der Waals surface area contributed by atoms with Crippen LogP contribution in [-0.2, 0) is 28.9 Å². The van der Waals surface area contributed by atoms with Gasteiger partial charge in [-0.05, 0) is 19.3 Å². The van der Waals surface area contributed by atoms with Crippen LogP contribution in [0, 0.1) is 0 Å². The summed E-state index contributed by atoms with van der Waals surface area (Å²) in [6.07, 6.45) is 26.8. The van der Waals surface area contributed by atoms with Gasteiger partial charge in [0.2, 0.25) is 5.91 Å². The van der Waals surface area contributed by atoms with E-state index in [9.17, 15) is 33.6 Å². The number of hydrogen-bond donors (Lipinski definition) is 6. The number of carbonyl (C=O) groups is 1. The molecule has 0 radical (unpaired) electrons. The minimum Gasteiger partial charge on any atom is -0.394 e. The molecule has 1 aliphatic heterocycles. The Balaban J connectivity index is 2.55. The molecule has 0 aromatic heterocycles. The van der Waals surface area contributed by atoms with Crippen LogP contribution in [-0.4, -0.2) is 95.4 Å². The summed E-state index contributed by atoms with van der Waals surface area (Å²) in [6, 6.07) is -0.936. The Morgan fingerprint density at radius 1 is 0.709 bits per heavy atom. The molecular weight excluding hydrogens is 727 g/mol. The van der Waals surface area contributed by atoms with Crippen molar-refractivity contribution in [3.05, 3.63) is 12.2 Å². The van der Waals surface area contributed by atoms with Crippen LogP contribution >= 0.6 is 0 Å². The van der Waals surface area contributed by atoms with Gasteiger partial charge in [-0.15, -0.1) is 0 Å². The number of carbonyl (C=O) groups excluding carboxylic acids is 1. The number of aliphatic hydroxyl groups is 4. The van der Waals surface area contributed by atoms with Gasteiger partial charge in [0.1, 0.15) is 24.4 Å². The highest BCUT2D eigenvalue weighted by Crippen LogP contribution is 2.26. The van der Waals surface area contributed by atoms with Crippen LogP contribution in [0.5, 0.6) is 0 Å². The first kappa shape index (κ1) is 51.9. The number of aliphatic hydroxyl groups excluding tert-OH is 4. The van der Waals surface area contributed by atoms with Crippen molar-refractivity contribution >= 4 is 16.3 Å². The molecule has 55 heavy (non-hydrogen) atoms. The molecule has 0 aromatic carbocycles. The second-order valence-corrected chi connectivity index (χ2v) is 16.7. The largest absolute Gasteiger partial charge is 0.397 e. The maximum atomic E-state index is 13.0. The van der Waals surface area contributed by atoms with E-state index in [4.69, 9.17) is 14.0 Å². The molecule has 0 saturated carbocycles. The van der Waals surface area contributed by atoms with Crippen LogP contribution in [0.15, 0.2) is 12.2 Å². The van der Waals surface area contributed by atoms with Crippen LogP contribution in [0.4, 0.5) is 0 Å². The SMILES string of the molecule is CCCCCCCCCCCCC/C=C/[C@@H](O)[C@H](CO[C@@H]1OC(CO)[C@H](O)C(OS(=O)(=O)O)C1O)NC(=O)CCCCCCCCCCCCCCCCC. The van der Waals surface area contributed by atoms with E-state index >= 15 is 0 Å². The van der Waals surface area contributed by atoms with E-state index in [1.165, 1.54) is 128 Å². The maximum Gasteiger partial charge on any atom is 0.397 e. The quantitative estimate of drug-likeness (QED) is 0.0203. The molecule has 0 aliphatic carbocycles. The highest BCUT2D eigenvalue weighted by molar-refractivity contribution is 7.80. The van der Waals surface area contributed by atoms with Gasteiger partial charge in [0, 0.05) is 6.42 Å². The zero-order valence-electron chi connectivity index (χ0n) is 34.5. The molecule has 12 nitrogen and oxygen atoms in total. The monoisotopic (exact) mass is 808 g/mol. The molecule has 326 valence electrons. The lowest BCUT2D eigenvalue weighted by molar-refractivity contribution is -0.298. The molecule has 13 heteroatoms. The minimum atomic E-state index is -5.08. The molecule has 1 rings (SSSR count). The maximum absolute atomic E-state index is 13.0. The zero-order chi connectivity index (χ0) is 40.6. The van der Waals surface area contributed by atoms with E-state index in [1.54, 1.807) is 6.08 Å². The third kappa shape index (κ3) is 27.2. The lowest BCUT2D eigenvalue weighted by Crippen LogP contribution is -2.61. The number of nitrogens with one attached hydrogen (secondary N) is 1. The molecule has 1 heterocycles. The van der Waals surface area contributed by atoms with Crippen LogP contribution < -0.4 is 5.32 Å². The molecule has 1 amide bonds. The zero-order valence-corrected chi connectivity index (χ0v) is 35.3. The van der Waals surface area contributed by atoms with Gasteiger partial charge in [0.05, 0.1) is 25.4 Å². The smallest absolute Gasteiger partial charge is 0.394 e. The third-order valence-electron chi connectivity index (χ3n) is 10.6. The van der Waals surface area contributed by atoms with Crippen molar-refractivity contribution in [3.63, 3.8) is 0 Å². The first-order valence-corrected chi connectivity index (χ1v) is 23.4. The Labute approximate surface area is 334 Å². The third-order valence-corrected chi connectivity index (χ3v) is 11.0. The fraction of sp³-hybridized carbons (Fsp3) is 0.929. The highest BCUT2D eigenvalue weighted by atomic mass is 32.3. The van der Waals surface area contributed by atoms with Gasteiger partial charge >= 0.3 is 10.4 Å². The average molecular weight is 808 g/mol. The molecule has 0 aromatic rings. The predicted octanol–water partition coefficient (Wildman–Crippen LogP) is 7.99. The summed E-state index contributed by atoms with van der Waals surface area (Å²) in [5, 5.41) is 44.6. The predicted molar refractivity (Wildman–Crippen MR) is 218 cm³/mol. The van der Waals surface area contributed by atoms with Gasteiger partial charge in [0.25, 0.3) is 0 Å². The Morgan fingerprint density at radius 2 is 1.15 bits per heavy atom. The number of unbranched alkanes of at least 4 members (excludes halogenated alkanes) is 25. The van der Waals surface area contributed by atoms with Crippen molar-refractivity contribution in [2.75, 3.05) is 13.2 Å². The topological polar surface area (TPSA) is 192 Å². The van der Waals surface area contributed by atoms with E-state index in [1.807, 2.05) is 6.08 Å². The second kappa shape index (κ2) is 33.8. The van der Waals surface area contributed by atoms with Crippen molar-refractivity contribution in [2.24, 2.45) is 0 Å². The van der Waals surface area contributed by atoms with Gasteiger partial charge < -0.3 is 35.2 Å². The van der Waals surface area contributed by atoms with E-state index in [2.05, 4.69) is 23.3 Å². The molecule has 1 fully saturated rings. The molecular formula is C42H81NO11S. The normalized spacial score (nSPS) is 21.6. The molecule has 7 atom stereocenters. The summed E-state index contributed by atoms with van der Waals surface area (Å²) in [4.78, 5) is 13.0. The Morgan fingerprint density at radius 3 is 1.58 bits per heavy atom. The Hall–Kier alpha value is -1.16. The number of ether oxygens (including phenoxy) is 2. The second-order valence-electron chi connectivity index (χ2n) is 15.6. The van der Waals surface area contributed by atoms with Gasteiger partial charge in [-0.3, -0.25) is 9.35 Å². The minimum absolute atomic E-state index is 0.262. The van der Waals surface area contributed by atoms with E-state index in [-0.39, 0.29) is 18.9 Å². The highest BCUT2D eigenvalue weighted by Gasteiger charge is 2.48. The van der Waals surface area contributed by atoms with Crippen LogP contribution in [0.25, 0.3) is 0 Å². The Kier molecular flexibility index (Phi) is 31.8. The molecule has 6 N–H and O–H groups in total. The van der Waals surface area contributed by atoms with Crippen LogP contribution in [0.3, 0.4) is 0 Å². The summed E-state index contributed by atoms with van der Waals surface area (Å²) < 4.78 is 47.5. The van der Waals surface area contributed by atoms with Crippen molar-refractivity contribution in [3.8, 4) is 0 Å². The molecule has 0 spiro atoms. The first-order chi connectivity index (χ1) is 26.5. The summed E-state index contributed by atoms with van der Waals surface area (Å²) in [6.45, 7) is 3.37. The summed E-state index contributed by atoms with van der Waals surface area (Å²) in [7, 11) is -5.08. The van der Waals surface area contributed by atoms with Crippen molar-refractivity contribution in [1.29, 1.82) is 0 Å². The molecule has 1 saturated heterocycles. The summed E-state index contributed by atoms with van der Waals surface area (Å²) in [5.41, 5.74) is 0. The first-order valence-electron chi connectivity index (χ1n) is 22.1. The van der Waals surface area contributed by atoms with E-state index in [0.717, 1.165) is 38.5 Å². The van der Waals surface area contributed by atoms with Gasteiger partial charge in [-0.2, -0.15) is 8.42 Å². The number of hydrogen-bond acceptors (Lipinski definition) is 10. The van der Waals surface area contributed by atoms with Gasteiger partial charge in [-0.1, -0.05) is 180 Å². The van der Waals surface area contributed by atoms with Crippen molar-refractivity contribution in [2.45, 2.75) is 236 Å². The number of rotatable bonds is 37. The summed E-state index contributed by atoms with van der Waals surface area (Å²) >= 11 is 0. The average Bonchev–Trinajstić information content (AvgIpc) is 3.15. The van der Waals surface area contributed by atoms with E-state index < -0.39 is 59.9 Å². The van der Waals surface area contributed by atoms with Crippen molar-refractivity contribution < 1.29 is 51.8 Å². The molecule has 3 unspecified atom stereocenters. The fourth-order valence-electron chi connectivity index (χ4n) is 7.10. The molecule has 1 aliphatic rings. The molecule has 0 bridgehead atoms. The van der Waals surface area contributed by atoms with Crippen LogP contribution in [0.1, 0.15) is 194 Å². The number of allylic oxidation sites excluding steroid dienone is 1. The lowest BCUT2D eigenvalue weighted by Gasteiger charge is -2.41. The summed E-state index contributed by atoms with van der Waals surface area (Å²) in [5.74, 6) is -0.262. The van der Waals surface area contributed by atoms with Crippen LogP contribution in [0.2, 0.25) is 0 Å². The van der Waals surface area contributed by atoms with Crippen molar-refractivity contribution in [1.82, 2.24) is 5.32 Å². The van der Waals surface area contributed by atoms with Gasteiger partial charge in [0.15, 0.2) is 6.29 Å². The van der Waals surface area contributed by atoms with E-state index in [0.29, 0.717) is 6.42 Å². The standard InChI is InChI=1S/C42H81NO11S/c1-3-5-7-9-11-13-15-17-18-20-22-24-26-28-30-32-38(46)43-35(36(45)31-29-27-25-23-21-19-16-14-12-10-8-6-4-2)34-52-42-40(48)41(54-55(49,50)51)39(47)37(33-44)53-42/h29,31,35-37,39-42,44-45,47-48H,3-28,30,32-34H2,1-2H3,(H,43,46)(H,49,50,51)/b31-29+/t35-,36+,37?,39-,40?,41?,42+/m0/s1. The Bertz CT molecular complexity index is 1050. The lowest BCUT2D eigenvalue weighted by atomic mass is 9.99. The fourth-order valence-corrected chi connectivity index (χ4v) is 7.61. The van der Waals surface area contributed by atoms with Gasteiger partial charge in [-0.25, -0.2) is 4.18 Å².